The van der Waals surface area contributed by atoms with Crippen molar-refractivity contribution in [2.75, 3.05) is 18.8 Å². The number of hydrogen-bond donors (Lipinski definition) is 0. The van der Waals surface area contributed by atoms with Crippen molar-refractivity contribution in [2.24, 2.45) is 5.92 Å². The van der Waals surface area contributed by atoms with Crippen molar-refractivity contribution >= 4 is 37.0 Å². The van der Waals surface area contributed by atoms with Crippen LogP contribution in [0.25, 0.3) is 0 Å². The van der Waals surface area contributed by atoms with Crippen LogP contribution < -0.4 is 0 Å². The molecule has 1 fully saturated rings. The van der Waals surface area contributed by atoms with Crippen LogP contribution in [-0.4, -0.2) is 38.1 Å². The Morgan fingerprint density at radius 1 is 1.50 bits per heavy atom. The number of amides is 1. The van der Waals surface area contributed by atoms with E-state index >= 15 is 0 Å². The van der Waals surface area contributed by atoms with Crippen molar-refractivity contribution in [3.05, 3.63) is 22.4 Å². The van der Waals surface area contributed by atoms with E-state index in [0.717, 1.165) is 6.42 Å². The first kappa shape index (κ1) is 13.8. The Morgan fingerprint density at radius 2 is 2.28 bits per heavy atom. The van der Waals surface area contributed by atoms with Crippen molar-refractivity contribution in [2.45, 2.75) is 12.8 Å². The van der Waals surface area contributed by atoms with E-state index in [1.54, 1.807) is 16.2 Å². The molecule has 18 heavy (non-hydrogen) atoms. The van der Waals surface area contributed by atoms with E-state index in [0.29, 0.717) is 13.1 Å². The average molecular weight is 308 g/mol. The largest absolute Gasteiger partial charge is 0.342 e. The summed E-state index contributed by atoms with van der Waals surface area (Å²) in [7, 11) is 1.69. The second-order valence-electron chi connectivity index (χ2n) is 4.50. The molecule has 4 nitrogen and oxygen atoms in total. The normalized spacial score (nSPS) is 20.6. The predicted octanol–water partition coefficient (Wildman–Crippen LogP) is 1.71. The van der Waals surface area contributed by atoms with Gasteiger partial charge in [-0.3, -0.25) is 4.79 Å². The van der Waals surface area contributed by atoms with Crippen LogP contribution in [0.3, 0.4) is 0 Å². The van der Waals surface area contributed by atoms with Gasteiger partial charge in [0.1, 0.15) is 0 Å². The first-order chi connectivity index (χ1) is 8.44. The minimum atomic E-state index is -3.52. The Hall–Kier alpha value is -0.590. The molecule has 1 aromatic heterocycles. The fourth-order valence-electron chi connectivity index (χ4n) is 2.16. The van der Waals surface area contributed by atoms with Crippen LogP contribution in [0.15, 0.2) is 16.8 Å². The molecule has 0 aliphatic carbocycles. The van der Waals surface area contributed by atoms with E-state index in [9.17, 15) is 13.2 Å². The molecule has 2 rings (SSSR count). The summed E-state index contributed by atoms with van der Waals surface area (Å²) in [5.41, 5.74) is 1.21. The third kappa shape index (κ3) is 3.96. The van der Waals surface area contributed by atoms with Gasteiger partial charge in [-0.25, -0.2) is 8.42 Å². The molecule has 1 aliphatic heterocycles. The Kier molecular flexibility index (Phi) is 4.29. The summed E-state index contributed by atoms with van der Waals surface area (Å²) in [4.78, 5) is 13.4. The third-order valence-corrected chi connectivity index (χ3v) is 4.96. The highest BCUT2D eigenvalue weighted by atomic mass is 35.7. The Bertz CT molecular complexity index is 512. The molecule has 0 saturated carbocycles. The second kappa shape index (κ2) is 5.59. The van der Waals surface area contributed by atoms with Crippen LogP contribution >= 0.6 is 22.0 Å². The van der Waals surface area contributed by atoms with Crippen molar-refractivity contribution in [1.82, 2.24) is 4.90 Å². The van der Waals surface area contributed by atoms with Gasteiger partial charge >= 0.3 is 0 Å². The third-order valence-electron chi connectivity index (χ3n) is 2.98. The van der Waals surface area contributed by atoms with E-state index in [1.165, 1.54) is 5.56 Å². The molecule has 100 valence electrons. The highest BCUT2D eigenvalue weighted by molar-refractivity contribution is 8.13. The number of hydrogen-bond acceptors (Lipinski definition) is 4. The van der Waals surface area contributed by atoms with Gasteiger partial charge in [0.05, 0.1) is 5.75 Å². The van der Waals surface area contributed by atoms with E-state index in [-0.39, 0.29) is 24.0 Å². The number of carbonyl (C=O) groups is 1. The molecule has 1 unspecified atom stereocenters. The summed E-state index contributed by atoms with van der Waals surface area (Å²) < 4.78 is 22.0. The van der Waals surface area contributed by atoms with Crippen LogP contribution in [0, 0.1) is 5.92 Å². The lowest BCUT2D eigenvalue weighted by Gasteiger charge is -2.15. The lowest BCUT2D eigenvalue weighted by atomic mass is 10.1. The zero-order valence-corrected chi connectivity index (χ0v) is 12.1. The molecule has 1 saturated heterocycles. The number of nitrogens with zero attached hydrogens (tertiary/aromatic N) is 1. The monoisotopic (exact) mass is 307 g/mol. The molecule has 2 heterocycles. The molecule has 1 amide bonds. The van der Waals surface area contributed by atoms with Crippen molar-refractivity contribution in [3.8, 4) is 0 Å². The highest BCUT2D eigenvalue weighted by Gasteiger charge is 2.31. The molecule has 0 N–H and O–H groups in total. The van der Waals surface area contributed by atoms with Gasteiger partial charge in [-0.05, 0) is 28.8 Å². The standard InChI is InChI=1S/C11H14ClNO3S2/c12-18(15,16)8-10-5-11(14)13(6-10)3-1-9-2-4-17-7-9/h2,4,7,10H,1,3,5-6,8H2. The average Bonchev–Trinajstić information content (AvgIpc) is 2.83. The van der Waals surface area contributed by atoms with Crippen LogP contribution in [0.2, 0.25) is 0 Å². The summed E-state index contributed by atoms with van der Waals surface area (Å²) in [6.07, 6.45) is 1.10. The fourth-order valence-corrected chi connectivity index (χ4v) is 4.19. The van der Waals surface area contributed by atoms with Gasteiger partial charge in [0.25, 0.3) is 0 Å². The maximum absolute atomic E-state index is 11.7. The van der Waals surface area contributed by atoms with E-state index < -0.39 is 9.05 Å². The van der Waals surface area contributed by atoms with Gasteiger partial charge < -0.3 is 4.90 Å². The van der Waals surface area contributed by atoms with Crippen LogP contribution in [0.5, 0.6) is 0 Å². The Labute approximate surface area is 115 Å². The summed E-state index contributed by atoms with van der Waals surface area (Å²) in [6, 6.07) is 2.03. The van der Waals surface area contributed by atoms with E-state index in [2.05, 4.69) is 5.38 Å². The summed E-state index contributed by atoms with van der Waals surface area (Å²) >= 11 is 1.63. The molecule has 1 atom stereocenters. The lowest BCUT2D eigenvalue weighted by Crippen LogP contribution is -2.28. The first-order valence-electron chi connectivity index (χ1n) is 5.65. The van der Waals surface area contributed by atoms with E-state index in [1.807, 2.05) is 11.4 Å². The Balaban J connectivity index is 1.86. The smallest absolute Gasteiger partial charge is 0.232 e. The number of likely N-dealkylation sites (tertiary alicyclic amines) is 1. The minimum Gasteiger partial charge on any atom is -0.342 e. The lowest BCUT2D eigenvalue weighted by molar-refractivity contribution is -0.127. The number of halogens is 1. The number of rotatable bonds is 5. The SMILES string of the molecule is O=C1CC(CS(=O)(=O)Cl)CN1CCc1ccsc1. The van der Waals surface area contributed by atoms with Crippen LogP contribution in [0.4, 0.5) is 0 Å². The molecule has 1 aromatic rings. The van der Waals surface area contributed by atoms with Gasteiger partial charge in [-0.15, -0.1) is 0 Å². The Morgan fingerprint density at radius 3 is 2.89 bits per heavy atom. The number of thiophene rings is 1. The molecule has 7 heteroatoms. The highest BCUT2D eigenvalue weighted by Crippen LogP contribution is 2.21. The van der Waals surface area contributed by atoms with Crippen LogP contribution in [-0.2, 0) is 20.3 Å². The zero-order chi connectivity index (χ0) is 13.2. The second-order valence-corrected chi connectivity index (χ2v) is 8.10. The van der Waals surface area contributed by atoms with Gasteiger partial charge in [0, 0.05) is 36.1 Å². The molecular weight excluding hydrogens is 294 g/mol. The minimum absolute atomic E-state index is 0.0237. The van der Waals surface area contributed by atoms with E-state index in [4.69, 9.17) is 10.7 Å². The summed E-state index contributed by atoms with van der Waals surface area (Å²) in [5, 5.41) is 4.06. The maximum Gasteiger partial charge on any atom is 0.232 e. The first-order valence-corrected chi connectivity index (χ1v) is 9.07. The summed E-state index contributed by atoms with van der Waals surface area (Å²) in [5.74, 6) is -0.257. The van der Waals surface area contributed by atoms with Gasteiger partial charge in [-0.1, -0.05) is 0 Å². The van der Waals surface area contributed by atoms with Gasteiger partial charge in [0.15, 0.2) is 0 Å². The number of carbonyl (C=O) groups excluding carboxylic acids is 1. The van der Waals surface area contributed by atoms with Crippen molar-refractivity contribution in [1.29, 1.82) is 0 Å². The fraction of sp³-hybridized carbons (Fsp3) is 0.545. The van der Waals surface area contributed by atoms with Gasteiger partial charge in [0.2, 0.25) is 15.0 Å². The van der Waals surface area contributed by atoms with Crippen molar-refractivity contribution < 1.29 is 13.2 Å². The van der Waals surface area contributed by atoms with Crippen LogP contribution in [0.1, 0.15) is 12.0 Å². The van der Waals surface area contributed by atoms with Crippen molar-refractivity contribution in [3.63, 3.8) is 0 Å². The maximum atomic E-state index is 11.7. The van der Waals surface area contributed by atoms with Gasteiger partial charge in [-0.2, -0.15) is 11.3 Å². The molecule has 0 radical (unpaired) electrons. The molecule has 0 spiro atoms. The molecular formula is C11H14ClNO3S2. The summed E-state index contributed by atoms with van der Waals surface area (Å²) in [6.45, 7) is 1.14. The molecule has 1 aliphatic rings. The molecule has 0 aromatic carbocycles. The zero-order valence-electron chi connectivity index (χ0n) is 9.71. The molecule has 0 bridgehead atoms. The predicted molar refractivity (Wildman–Crippen MR) is 72.3 cm³/mol. The topological polar surface area (TPSA) is 54.5 Å². The quantitative estimate of drug-likeness (QED) is 0.778.